The lowest BCUT2D eigenvalue weighted by atomic mass is 10.1. The topological polar surface area (TPSA) is 41.5 Å². The molecule has 2 N–H and O–H groups in total. The van der Waals surface area contributed by atoms with Crippen molar-refractivity contribution >= 4 is 5.69 Å². The molecule has 0 saturated carbocycles. The van der Waals surface area contributed by atoms with Gasteiger partial charge in [0.2, 0.25) is 0 Å². The van der Waals surface area contributed by atoms with Crippen molar-refractivity contribution < 1.29 is 9.84 Å². The number of rotatable bonds is 5. The standard InChI is InChI=1S/C16H19NO2/c1-12(14-6-8-16(19-2)9-7-14)17-15-5-3-4-13(10-15)11-18/h3-10,12,17-18H,11H2,1-2H3. The first-order valence-corrected chi connectivity index (χ1v) is 6.33. The third kappa shape index (κ3) is 3.48. The van der Waals surface area contributed by atoms with E-state index in [1.165, 1.54) is 5.56 Å². The monoisotopic (exact) mass is 257 g/mol. The molecule has 0 bridgehead atoms. The average molecular weight is 257 g/mol. The van der Waals surface area contributed by atoms with Gasteiger partial charge in [0.05, 0.1) is 13.7 Å². The predicted molar refractivity (Wildman–Crippen MR) is 77.4 cm³/mol. The summed E-state index contributed by atoms with van der Waals surface area (Å²) in [4.78, 5) is 0. The maximum atomic E-state index is 9.13. The second-order valence-electron chi connectivity index (χ2n) is 4.50. The van der Waals surface area contributed by atoms with Gasteiger partial charge in [0.15, 0.2) is 0 Å². The van der Waals surface area contributed by atoms with Crippen molar-refractivity contribution in [3.8, 4) is 5.75 Å². The molecule has 0 spiro atoms. The molecular formula is C16H19NO2. The zero-order valence-electron chi connectivity index (χ0n) is 11.3. The number of benzene rings is 2. The number of nitrogens with one attached hydrogen (secondary N) is 1. The van der Waals surface area contributed by atoms with E-state index in [0.717, 1.165) is 17.0 Å². The van der Waals surface area contributed by atoms with Crippen LogP contribution in [0.1, 0.15) is 24.1 Å². The predicted octanol–water partition coefficient (Wildman–Crippen LogP) is 3.36. The Balaban J connectivity index is 2.08. The highest BCUT2D eigenvalue weighted by molar-refractivity contribution is 5.47. The van der Waals surface area contributed by atoms with Gasteiger partial charge < -0.3 is 15.2 Å². The Morgan fingerprint density at radius 1 is 1.16 bits per heavy atom. The SMILES string of the molecule is COc1ccc(C(C)Nc2cccc(CO)c2)cc1. The molecule has 0 aliphatic carbocycles. The molecule has 0 aliphatic rings. The molecule has 2 rings (SSSR count). The molecule has 1 atom stereocenters. The first-order valence-electron chi connectivity index (χ1n) is 6.33. The molecule has 0 aromatic heterocycles. The van der Waals surface area contributed by atoms with Gasteiger partial charge in [0, 0.05) is 11.7 Å². The van der Waals surface area contributed by atoms with Crippen LogP contribution in [0.25, 0.3) is 0 Å². The number of hydrogen-bond donors (Lipinski definition) is 2. The first-order chi connectivity index (χ1) is 9.22. The molecule has 0 fully saturated rings. The summed E-state index contributed by atoms with van der Waals surface area (Å²) >= 11 is 0. The minimum atomic E-state index is 0.0619. The van der Waals surface area contributed by atoms with E-state index >= 15 is 0 Å². The zero-order chi connectivity index (χ0) is 13.7. The Hall–Kier alpha value is -2.00. The van der Waals surface area contributed by atoms with Crippen LogP contribution in [0.2, 0.25) is 0 Å². The smallest absolute Gasteiger partial charge is 0.118 e. The highest BCUT2D eigenvalue weighted by Crippen LogP contribution is 2.22. The van der Waals surface area contributed by atoms with Gasteiger partial charge in [0.1, 0.15) is 5.75 Å². The molecule has 3 nitrogen and oxygen atoms in total. The van der Waals surface area contributed by atoms with Crippen molar-refractivity contribution in [2.75, 3.05) is 12.4 Å². The van der Waals surface area contributed by atoms with Crippen molar-refractivity contribution in [2.45, 2.75) is 19.6 Å². The van der Waals surface area contributed by atoms with Crippen LogP contribution in [0, 0.1) is 0 Å². The fourth-order valence-corrected chi connectivity index (χ4v) is 1.99. The fourth-order valence-electron chi connectivity index (χ4n) is 1.99. The average Bonchev–Trinajstić information content (AvgIpc) is 2.47. The van der Waals surface area contributed by atoms with Gasteiger partial charge in [0.25, 0.3) is 0 Å². The Morgan fingerprint density at radius 3 is 2.53 bits per heavy atom. The maximum absolute atomic E-state index is 9.13. The fraction of sp³-hybridized carbons (Fsp3) is 0.250. The van der Waals surface area contributed by atoms with Gasteiger partial charge in [-0.25, -0.2) is 0 Å². The van der Waals surface area contributed by atoms with Crippen LogP contribution in [0.5, 0.6) is 5.75 Å². The summed E-state index contributed by atoms with van der Waals surface area (Å²) in [7, 11) is 1.66. The quantitative estimate of drug-likeness (QED) is 0.863. The number of hydrogen-bond acceptors (Lipinski definition) is 3. The summed E-state index contributed by atoms with van der Waals surface area (Å²) in [6, 6.07) is 16.0. The minimum Gasteiger partial charge on any atom is -0.497 e. The third-order valence-electron chi connectivity index (χ3n) is 3.11. The van der Waals surface area contributed by atoms with Crippen LogP contribution in [0.4, 0.5) is 5.69 Å². The number of aliphatic hydroxyl groups is 1. The van der Waals surface area contributed by atoms with E-state index in [9.17, 15) is 0 Å². The van der Waals surface area contributed by atoms with Crippen LogP contribution in [0.3, 0.4) is 0 Å². The highest BCUT2D eigenvalue weighted by Gasteiger charge is 2.05. The summed E-state index contributed by atoms with van der Waals surface area (Å²) in [5.41, 5.74) is 3.11. The van der Waals surface area contributed by atoms with Crippen molar-refractivity contribution in [3.63, 3.8) is 0 Å². The number of anilines is 1. The van der Waals surface area contributed by atoms with Gasteiger partial charge in [-0.2, -0.15) is 0 Å². The molecule has 2 aromatic carbocycles. The van der Waals surface area contributed by atoms with E-state index in [-0.39, 0.29) is 12.6 Å². The summed E-state index contributed by atoms with van der Waals surface area (Å²) in [6.45, 7) is 2.17. The van der Waals surface area contributed by atoms with Gasteiger partial charge in [-0.05, 0) is 42.3 Å². The number of ether oxygens (including phenoxy) is 1. The van der Waals surface area contributed by atoms with Gasteiger partial charge in [-0.3, -0.25) is 0 Å². The lowest BCUT2D eigenvalue weighted by Gasteiger charge is -2.16. The number of methoxy groups -OCH3 is 1. The zero-order valence-corrected chi connectivity index (χ0v) is 11.3. The van der Waals surface area contributed by atoms with Gasteiger partial charge in [-0.1, -0.05) is 24.3 Å². The molecule has 19 heavy (non-hydrogen) atoms. The normalized spacial score (nSPS) is 11.9. The largest absolute Gasteiger partial charge is 0.497 e. The highest BCUT2D eigenvalue weighted by atomic mass is 16.5. The van der Waals surface area contributed by atoms with Crippen LogP contribution >= 0.6 is 0 Å². The molecule has 100 valence electrons. The second kappa shape index (κ2) is 6.25. The van der Waals surface area contributed by atoms with E-state index < -0.39 is 0 Å². The Kier molecular flexibility index (Phi) is 4.42. The molecule has 2 aromatic rings. The van der Waals surface area contributed by atoms with Crippen molar-refractivity contribution in [2.24, 2.45) is 0 Å². The van der Waals surface area contributed by atoms with Crippen molar-refractivity contribution in [1.82, 2.24) is 0 Å². The van der Waals surface area contributed by atoms with Crippen molar-refractivity contribution in [1.29, 1.82) is 0 Å². The van der Waals surface area contributed by atoms with E-state index in [2.05, 4.69) is 12.2 Å². The van der Waals surface area contributed by atoms with E-state index in [0.29, 0.717) is 0 Å². The lowest BCUT2D eigenvalue weighted by molar-refractivity contribution is 0.282. The van der Waals surface area contributed by atoms with Crippen molar-refractivity contribution in [3.05, 3.63) is 59.7 Å². The molecule has 0 radical (unpaired) electrons. The summed E-state index contributed by atoms with van der Waals surface area (Å²) in [5, 5.41) is 12.5. The maximum Gasteiger partial charge on any atom is 0.118 e. The van der Waals surface area contributed by atoms with E-state index in [4.69, 9.17) is 9.84 Å². The summed E-state index contributed by atoms with van der Waals surface area (Å²) < 4.78 is 5.15. The molecule has 3 heteroatoms. The molecule has 0 heterocycles. The van der Waals surface area contributed by atoms with Crippen LogP contribution in [-0.2, 0) is 6.61 Å². The summed E-state index contributed by atoms with van der Waals surface area (Å²) in [6.07, 6.45) is 0. The number of aliphatic hydroxyl groups excluding tert-OH is 1. The van der Waals surface area contributed by atoms with Gasteiger partial charge in [-0.15, -0.1) is 0 Å². The molecule has 0 aliphatic heterocycles. The third-order valence-corrected chi connectivity index (χ3v) is 3.11. The Labute approximate surface area is 113 Å². The minimum absolute atomic E-state index is 0.0619. The molecule has 0 saturated heterocycles. The van der Waals surface area contributed by atoms with Gasteiger partial charge >= 0.3 is 0 Å². The van der Waals surface area contributed by atoms with Crippen LogP contribution in [0.15, 0.2) is 48.5 Å². The van der Waals surface area contributed by atoms with E-state index in [1.807, 2.05) is 48.5 Å². The lowest BCUT2D eigenvalue weighted by Crippen LogP contribution is -2.06. The Morgan fingerprint density at radius 2 is 1.89 bits per heavy atom. The Bertz CT molecular complexity index is 523. The van der Waals surface area contributed by atoms with Crippen LogP contribution in [-0.4, -0.2) is 12.2 Å². The second-order valence-corrected chi connectivity index (χ2v) is 4.50. The molecule has 1 unspecified atom stereocenters. The van der Waals surface area contributed by atoms with Crippen LogP contribution < -0.4 is 10.1 Å². The molecular weight excluding hydrogens is 238 g/mol. The van der Waals surface area contributed by atoms with E-state index in [1.54, 1.807) is 7.11 Å². The molecule has 0 amide bonds. The summed E-state index contributed by atoms with van der Waals surface area (Å²) in [5.74, 6) is 0.859. The first kappa shape index (κ1) is 13.4.